The first-order valence-electron chi connectivity index (χ1n) is 14.6. The Morgan fingerprint density at radius 2 is 2.05 bits per heavy atom. The zero-order valence-corrected chi connectivity index (χ0v) is 24.7. The van der Waals surface area contributed by atoms with E-state index in [4.69, 9.17) is 14.8 Å². The molecule has 10 nitrogen and oxygen atoms in total. The summed E-state index contributed by atoms with van der Waals surface area (Å²) in [4.78, 5) is 25.1. The topological polar surface area (TPSA) is 102 Å². The number of aryl methyl sites for hydroxylation is 1. The van der Waals surface area contributed by atoms with Crippen LogP contribution in [0.5, 0.6) is 5.75 Å². The van der Waals surface area contributed by atoms with Gasteiger partial charge >= 0.3 is 0 Å². The van der Waals surface area contributed by atoms with Gasteiger partial charge in [-0.1, -0.05) is 26.0 Å². The lowest BCUT2D eigenvalue weighted by Gasteiger charge is -2.31. The number of fused-ring (bicyclic) bond motifs is 2. The number of amides is 1. The monoisotopic (exact) mass is 566 g/mol. The number of imidazole rings is 1. The second-order valence-corrected chi connectivity index (χ2v) is 11.3. The molecule has 1 atom stereocenters. The van der Waals surface area contributed by atoms with Gasteiger partial charge < -0.3 is 15.4 Å². The molecule has 0 unspecified atom stereocenters. The van der Waals surface area contributed by atoms with Gasteiger partial charge in [-0.3, -0.25) is 23.8 Å². The molecule has 10 heteroatoms. The summed E-state index contributed by atoms with van der Waals surface area (Å²) in [5.41, 5.74) is 5.61. The number of nitrogens with zero attached hydrogens (tertiary/aromatic N) is 6. The number of ether oxygens (including phenoxy) is 1. The van der Waals surface area contributed by atoms with Gasteiger partial charge in [-0.15, -0.1) is 0 Å². The Labute approximate surface area is 245 Å². The van der Waals surface area contributed by atoms with Crippen molar-refractivity contribution in [1.82, 2.24) is 34.4 Å². The molecule has 1 saturated heterocycles. The number of hydrogen-bond acceptors (Lipinski definition) is 7. The van der Waals surface area contributed by atoms with Crippen molar-refractivity contribution >= 4 is 28.1 Å². The van der Waals surface area contributed by atoms with Crippen LogP contribution in [0, 0.1) is 6.92 Å². The van der Waals surface area contributed by atoms with E-state index in [2.05, 4.69) is 47.4 Å². The predicted molar refractivity (Wildman–Crippen MR) is 164 cm³/mol. The van der Waals surface area contributed by atoms with Crippen molar-refractivity contribution in [2.75, 3.05) is 38.1 Å². The minimum atomic E-state index is -0.241. The predicted octanol–water partition coefficient (Wildman–Crippen LogP) is 4.48. The fourth-order valence-electron chi connectivity index (χ4n) is 5.62. The van der Waals surface area contributed by atoms with Crippen LogP contribution in [-0.4, -0.2) is 73.8 Å². The molecule has 1 aromatic carbocycles. The lowest BCUT2D eigenvalue weighted by atomic mass is 10.1. The highest BCUT2D eigenvalue weighted by atomic mass is 16.5. The fraction of sp³-hybridized carbons (Fsp3) is 0.375. The van der Waals surface area contributed by atoms with Gasteiger partial charge in [0.2, 0.25) is 0 Å². The molecule has 5 heterocycles. The van der Waals surface area contributed by atoms with E-state index in [-0.39, 0.29) is 5.91 Å². The third-order valence-corrected chi connectivity index (χ3v) is 7.78. The SMILES string of the molecule is Cc1nn(Cc2cccc(C(C)C)n2)c2cccc(NC(=O)c3cnc4cc(OCCN5CCN[C@H](C)C5)ccn34)c12. The third-order valence-electron chi connectivity index (χ3n) is 7.78. The van der Waals surface area contributed by atoms with Gasteiger partial charge in [-0.2, -0.15) is 5.10 Å². The van der Waals surface area contributed by atoms with Gasteiger partial charge in [0, 0.05) is 55.6 Å². The second-order valence-electron chi connectivity index (χ2n) is 11.3. The molecule has 2 N–H and O–H groups in total. The fourth-order valence-corrected chi connectivity index (χ4v) is 5.62. The summed E-state index contributed by atoms with van der Waals surface area (Å²) in [7, 11) is 0. The van der Waals surface area contributed by atoms with Gasteiger partial charge in [0.05, 0.1) is 35.3 Å². The second kappa shape index (κ2) is 11.9. The number of carbonyl (C=O) groups is 1. The molecule has 218 valence electrons. The number of anilines is 1. The minimum Gasteiger partial charge on any atom is -0.492 e. The van der Waals surface area contributed by atoms with Crippen LogP contribution in [-0.2, 0) is 6.54 Å². The maximum absolute atomic E-state index is 13.5. The molecular formula is C32H38N8O2. The third kappa shape index (κ3) is 5.86. The standard InChI is InChI=1S/C32H38N8O2/c1-21(2)26-8-5-7-24(35-26)20-40-28-10-6-9-27(31(28)23(4)37-40)36-32(41)29-18-34-30-17-25(11-13-39(29)30)42-16-15-38-14-12-33-22(3)19-38/h5-11,13,17-18,21-22,33H,12,14-16,19-20H2,1-4H3,(H,36,41)/t22-/m1/s1. The maximum Gasteiger partial charge on any atom is 0.274 e. The van der Waals surface area contributed by atoms with Crippen LogP contribution in [0.15, 0.2) is 60.9 Å². The van der Waals surface area contributed by atoms with Crippen LogP contribution >= 0.6 is 0 Å². The van der Waals surface area contributed by atoms with Crippen molar-refractivity contribution in [2.45, 2.75) is 46.2 Å². The van der Waals surface area contributed by atoms with Crippen molar-refractivity contribution in [2.24, 2.45) is 0 Å². The number of rotatable bonds is 9. The number of aromatic nitrogens is 5. The lowest BCUT2D eigenvalue weighted by Crippen LogP contribution is -2.50. The molecule has 0 radical (unpaired) electrons. The van der Waals surface area contributed by atoms with E-state index >= 15 is 0 Å². The van der Waals surface area contributed by atoms with E-state index in [1.807, 2.05) is 60.3 Å². The Hall–Kier alpha value is -4.28. The number of pyridine rings is 2. The summed E-state index contributed by atoms with van der Waals surface area (Å²) in [6.07, 6.45) is 3.43. The summed E-state index contributed by atoms with van der Waals surface area (Å²) < 4.78 is 9.74. The molecule has 1 fully saturated rings. The molecule has 4 aromatic heterocycles. The van der Waals surface area contributed by atoms with E-state index in [1.54, 1.807) is 10.6 Å². The molecule has 1 aliphatic rings. The molecule has 0 bridgehead atoms. The smallest absolute Gasteiger partial charge is 0.274 e. The normalized spacial score (nSPS) is 16.0. The molecule has 0 aliphatic carbocycles. The summed E-state index contributed by atoms with van der Waals surface area (Å²) in [5.74, 6) is 0.854. The number of carbonyl (C=O) groups excluding carboxylic acids is 1. The molecule has 1 amide bonds. The van der Waals surface area contributed by atoms with Crippen LogP contribution in [0.4, 0.5) is 5.69 Å². The first kappa shape index (κ1) is 27.9. The molecule has 42 heavy (non-hydrogen) atoms. The zero-order valence-electron chi connectivity index (χ0n) is 24.7. The van der Waals surface area contributed by atoms with Gasteiger partial charge in [-0.05, 0) is 50.1 Å². The van der Waals surface area contributed by atoms with Crippen molar-refractivity contribution in [3.05, 3.63) is 83.7 Å². The Morgan fingerprint density at radius 1 is 1.19 bits per heavy atom. The number of nitrogens with one attached hydrogen (secondary N) is 2. The van der Waals surface area contributed by atoms with Crippen molar-refractivity contribution in [3.63, 3.8) is 0 Å². The Balaban J connectivity index is 1.16. The van der Waals surface area contributed by atoms with Gasteiger partial charge in [0.1, 0.15) is 23.7 Å². The van der Waals surface area contributed by atoms with Crippen LogP contribution in [0.3, 0.4) is 0 Å². The van der Waals surface area contributed by atoms with Gasteiger partial charge in [0.15, 0.2) is 0 Å². The minimum absolute atomic E-state index is 0.241. The number of hydrogen-bond donors (Lipinski definition) is 2. The largest absolute Gasteiger partial charge is 0.492 e. The molecule has 6 rings (SSSR count). The number of piperazine rings is 1. The van der Waals surface area contributed by atoms with Crippen LogP contribution in [0.25, 0.3) is 16.6 Å². The first-order chi connectivity index (χ1) is 20.4. The highest BCUT2D eigenvalue weighted by Crippen LogP contribution is 2.28. The number of benzene rings is 1. The van der Waals surface area contributed by atoms with E-state index in [1.165, 1.54) is 0 Å². The average Bonchev–Trinajstić information content (AvgIpc) is 3.54. The summed E-state index contributed by atoms with van der Waals surface area (Å²) in [6, 6.07) is 16.2. The highest BCUT2D eigenvalue weighted by Gasteiger charge is 2.18. The van der Waals surface area contributed by atoms with Crippen molar-refractivity contribution in [3.8, 4) is 5.75 Å². The van der Waals surface area contributed by atoms with Crippen LogP contribution in [0.2, 0.25) is 0 Å². The first-order valence-corrected chi connectivity index (χ1v) is 14.6. The average molecular weight is 567 g/mol. The zero-order chi connectivity index (χ0) is 29.2. The Kier molecular flexibility index (Phi) is 7.90. The Morgan fingerprint density at radius 3 is 2.88 bits per heavy atom. The molecule has 1 aliphatic heterocycles. The molecule has 0 spiro atoms. The van der Waals surface area contributed by atoms with Crippen molar-refractivity contribution in [1.29, 1.82) is 0 Å². The summed E-state index contributed by atoms with van der Waals surface area (Å²) in [6.45, 7) is 13.5. The molecular weight excluding hydrogens is 528 g/mol. The van der Waals surface area contributed by atoms with E-state index in [9.17, 15) is 4.79 Å². The Bertz CT molecular complexity index is 1720. The lowest BCUT2D eigenvalue weighted by molar-refractivity contribution is 0.102. The van der Waals surface area contributed by atoms with Crippen LogP contribution in [0.1, 0.15) is 54.3 Å². The van der Waals surface area contributed by atoms with E-state index in [0.717, 1.165) is 59.9 Å². The summed E-state index contributed by atoms with van der Waals surface area (Å²) >= 11 is 0. The van der Waals surface area contributed by atoms with Gasteiger partial charge in [0.25, 0.3) is 5.91 Å². The van der Waals surface area contributed by atoms with E-state index in [0.29, 0.717) is 42.1 Å². The highest BCUT2D eigenvalue weighted by molar-refractivity contribution is 6.08. The van der Waals surface area contributed by atoms with E-state index < -0.39 is 0 Å². The van der Waals surface area contributed by atoms with Crippen molar-refractivity contribution < 1.29 is 9.53 Å². The van der Waals surface area contributed by atoms with Crippen LogP contribution < -0.4 is 15.4 Å². The quantitative estimate of drug-likeness (QED) is 0.271. The maximum atomic E-state index is 13.5. The van der Waals surface area contributed by atoms with Gasteiger partial charge in [-0.25, -0.2) is 4.98 Å². The molecule has 0 saturated carbocycles. The summed E-state index contributed by atoms with van der Waals surface area (Å²) in [5, 5.41) is 12.3. The molecule has 5 aromatic rings.